The quantitative estimate of drug-likeness (QED) is 0.860. The van der Waals surface area contributed by atoms with Gasteiger partial charge in [0.25, 0.3) is 0 Å². The average molecular weight is 275 g/mol. The summed E-state index contributed by atoms with van der Waals surface area (Å²) in [6.45, 7) is 5.61. The first-order valence-corrected chi connectivity index (χ1v) is 7.88. The highest BCUT2D eigenvalue weighted by Gasteiger charge is 2.22. The number of rotatable bonds is 4. The maximum Gasteiger partial charge on any atom is 0.225 e. The fraction of sp³-hybridized carbons (Fsp3) is 0.733. The van der Waals surface area contributed by atoms with E-state index in [2.05, 4.69) is 25.5 Å². The highest BCUT2D eigenvalue weighted by molar-refractivity contribution is 5.29. The van der Waals surface area contributed by atoms with Gasteiger partial charge in [-0.05, 0) is 57.3 Å². The van der Waals surface area contributed by atoms with Crippen LogP contribution < -0.4 is 15.5 Å². The van der Waals surface area contributed by atoms with Crippen LogP contribution in [0.15, 0.2) is 18.5 Å². The lowest BCUT2D eigenvalue weighted by Gasteiger charge is -2.34. The fourth-order valence-electron chi connectivity index (χ4n) is 3.21. The SMILES string of the molecule is c1cnc(N2CCCC(NCC3CCCNC3)C2)nc1. The summed E-state index contributed by atoms with van der Waals surface area (Å²) in [4.78, 5) is 11.0. The Hall–Kier alpha value is -1.20. The van der Waals surface area contributed by atoms with Crippen molar-refractivity contribution in [1.29, 1.82) is 0 Å². The van der Waals surface area contributed by atoms with Crippen LogP contribution in [0.2, 0.25) is 0 Å². The molecule has 1 aromatic heterocycles. The predicted octanol–water partition coefficient (Wildman–Crippen LogP) is 1.03. The molecule has 2 unspecified atom stereocenters. The topological polar surface area (TPSA) is 53.1 Å². The summed E-state index contributed by atoms with van der Waals surface area (Å²) in [6, 6.07) is 2.45. The Morgan fingerprint density at radius 1 is 1.25 bits per heavy atom. The second-order valence-electron chi connectivity index (χ2n) is 5.95. The lowest BCUT2D eigenvalue weighted by atomic mass is 9.98. The van der Waals surface area contributed by atoms with Crippen LogP contribution in [0.5, 0.6) is 0 Å². The van der Waals surface area contributed by atoms with Gasteiger partial charge >= 0.3 is 0 Å². The Labute approximate surface area is 121 Å². The predicted molar refractivity (Wildman–Crippen MR) is 80.9 cm³/mol. The molecule has 0 bridgehead atoms. The van der Waals surface area contributed by atoms with Gasteiger partial charge in [-0.15, -0.1) is 0 Å². The van der Waals surface area contributed by atoms with Gasteiger partial charge in [-0.25, -0.2) is 9.97 Å². The van der Waals surface area contributed by atoms with Crippen LogP contribution in [-0.4, -0.2) is 48.7 Å². The fourth-order valence-corrected chi connectivity index (χ4v) is 3.21. The minimum Gasteiger partial charge on any atom is -0.339 e. The number of hydrogen-bond donors (Lipinski definition) is 2. The van der Waals surface area contributed by atoms with Crippen molar-refractivity contribution in [1.82, 2.24) is 20.6 Å². The van der Waals surface area contributed by atoms with Crippen molar-refractivity contribution in [2.45, 2.75) is 31.7 Å². The van der Waals surface area contributed by atoms with Crippen molar-refractivity contribution in [2.75, 3.05) is 37.6 Å². The molecule has 5 nitrogen and oxygen atoms in total. The molecule has 110 valence electrons. The van der Waals surface area contributed by atoms with E-state index in [0.29, 0.717) is 6.04 Å². The molecule has 2 N–H and O–H groups in total. The largest absolute Gasteiger partial charge is 0.339 e. The molecular weight excluding hydrogens is 250 g/mol. The maximum atomic E-state index is 4.36. The molecule has 2 saturated heterocycles. The average Bonchev–Trinajstić information content (AvgIpc) is 2.55. The Bertz CT molecular complexity index is 391. The maximum absolute atomic E-state index is 4.36. The van der Waals surface area contributed by atoms with Crippen LogP contribution in [0.1, 0.15) is 25.7 Å². The van der Waals surface area contributed by atoms with Crippen LogP contribution in [-0.2, 0) is 0 Å². The number of anilines is 1. The second-order valence-corrected chi connectivity index (χ2v) is 5.95. The van der Waals surface area contributed by atoms with Gasteiger partial charge in [-0.1, -0.05) is 0 Å². The Morgan fingerprint density at radius 3 is 2.95 bits per heavy atom. The van der Waals surface area contributed by atoms with E-state index in [1.54, 1.807) is 0 Å². The Kier molecular flexibility index (Phi) is 4.82. The summed E-state index contributed by atoms with van der Waals surface area (Å²) in [5.41, 5.74) is 0. The molecule has 1 aromatic rings. The minimum absolute atomic E-state index is 0.578. The summed E-state index contributed by atoms with van der Waals surface area (Å²) in [5.74, 6) is 1.67. The van der Waals surface area contributed by atoms with E-state index in [-0.39, 0.29) is 0 Å². The van der Waals surface area contributed by atoms with Crippen LogP contribution in [0.25, 0.3) is 0 Å². The van der Waals surface area contributed by atoms with E-state index in [0.717, 1.165) is 31.5 Å². The molecule has 0 spiro atoms. The van der Waals surface area contributed by atoms with Crippen molar-refractivity contribution in [3.05, 3.63) is 18.5 Å². The Balaban J connectivity index is 1.48. The van der Waals surface area contributed by atoms with Gasteiger partial charge in [0, 0.05) is 31.5 Å². The van der Waals surface area contributed by atoms with Crippen molar-refractivity contribution in [3.63, 3.8) is 0 Å². The van der Waals surface area contributed by atoms with Crippen LogP contribution in [0, 0.1) is 5.92 Å². The van der Waals surface area contributed by atoms with Crippen molar-refractivity contribution in [2.24, 2.45) is 5.92 Å². The van der Waals surface area contributed by atoms with Crippen LogP contribution >= 0.6 is 0 Å². The zero-order chi connectivity index (χ0) is 13.6. The van der Waals surface area contributed by atoms with Crippen LogP contribution in [0.4, 0.5) is 5.95 Å². The molecule has 2 atom stereocenters. The van der Waals surface area contributed by atoms with E-state index >= 15 is 0 Å². The Morgan fingerprint density at radius 2 is 2.15 bits per heavy atom. The molecule has 20 heavy (non-hydrogen) atoms. The first kappa shape index (κ1) is 13.8. The monoisotopic (exact) mass is 275 g/mol. The van der Waals surface area contributed by atoms with Gasteiger partial charge < -0.3 is 15.5 Å². The molecule has 3 heterocycles. The summed E-state index contributed by atoms with van der Waals surface area (Å²) >= 11 is 0. The number of aromatic nitrogens is 2. The molecule has 2 aliphatic rings. The molecule has 2 fully saturated rings. The summed E-state index contributed by atoms with van der Waals surface area (Å²) in [6.07, 6.45) is 8.82. The first-order valence-electron chi connectivity index (χ1n) is 7.88. The first-order chi connectivity index (χ1) is 9.92. The minimum atomic E-state index is 0.578. The third kappa shape index (κ3) is 3.67. The molecule has 2 aliphatic heterocycles. The van der Waals surface area contributed by atoms with Gasteiger partial charge in [0.2, 0.25) is 5.95 Å². The third-order valence-corrected chi connectivity index (χ3v) is 4.35. The van der Waals surface area contributed by atoms with E-state index in [1.807, 2.05) is 18.5 Å². The zero-order valence-electron chi connectivity index (χ0n) is 12.1. The highest BCUT2D eigenvalue weighted by atomic mass is 15.3. The summed E-state index contributed by atoms with van der Waals surface area (Å²) in [5, 5.41) is 7.24. The van der Waals surface area contributed by atoms with Gasteiger partial charge in [-0.3, -0.25) is 0 Å². The van der Waals surface area contributed by atoms with Crippen LogP contribution in [0.3, 0.4) is 0 Å². The number of piperidine rings is 2. The summed E-state index contributed by atoms with van der Waals surface area (Å²) in [7, 11) is 0. The van der Waals surface area contributed by atoms with Gasteiger partial charge in [-0.2, -0.15) is 0 Å². The number of hydrogen-bond acceptors (Lipinski definition) is 5. The third-order valence-electron chi connectivity index (χ3n) is 4.35. The van der Waals surface area contributed by atoms with Crippen molar-refractivity contribution < 1.29 is 0 Å². The smallest absolute Gasteiger partial charge is 0.225 e. The number of nitrogens with one attached hydrogen (secondary N) is 2. The molecule has 0 aliphatic carbocycles. The van der Waals surface area contributed by atoms with Crippen molar-refractivity contribution in [3.8, 4) is 0 Å². The summed E-state index contributed by atoms with van der Waals surface area (Å²) < 4.78 is 0. The lowest BCUT2D eigenvalue weighted by molar-refractivity contribution is 0.327. The second kappa shape index (κ2) is 6.99. The van der Waals surface area contributed by atoms with E-state index in [9.17, 15) is 0 Å². The van der Waals surface area contributed by atoms with E-state index in [4.69, 9.17) is 0 Å². The van der Waals surface area contributed by atoms with Gasteiger partial charge in [0.05, 0.1) is 0 Å². The molecule has 0 amide bonds. The number of nitrogens with zero attached hydrogens (tertiary/aromatic N) is 3. The molecular formula is C15H25N5. The lowest BCUT2D eigenvalue weighted by Crippen LogP contribution is -2.48. The zero-order valence-corrected chi connectivity index (χ0v) is 12.1. The standard InChI is InChI=1S/C15H25N5/c1-4-13(10-16-6-1)11-19-14-5-2-9-20(12-14)15-17-7-3-8-18-15/h3,7-8,13-14,16,19H,1-2,4-6,9-12H2. The normalized spacial score (nSPS) is 27.5. The molecule has 5 heteroatoms. The van der Waals surface area contributed by atoms with Crippen molar-refractivity contribution >= 4 is 5.95 Å². The van der Waals surface area contributed by atoms with E-state index < -0.39 is 0 Å². The van der Waals surface area contributed by atoms with Gasteiger partial charge in [0.15, 0.2) is 0 Å². The molecule has 3 rings (SSSR count). The molecule has 0 radical (unpaired) electrons. The van der Waals surface area contributed by atoms with Gasteiger partial charge in [0.1, 0.15) is 0 Å². The highest BCUT2D eigenvalue weighted by Crippen LogP contribution is 2.16. The molecule has 0 saturated carbocycles. The van der Waals surface area contributed by atoms with E-state index in [1.165, 1.54) is 38.8 Å². The molecule has 0 aromatic carbocycles.